The Labute approximate surface area is 685 Å². The fourth-order valence-corrected chi connectivity index (χ4v) is 13.9. The molecule has 0 spiro atoms. The van der Waals surface area contributed by atoms with Crippen LogP contribution in [0.15, 0.2) is 12.1 Å². The van der Waals surface area contributed by atoms with E-state index in [-0.39, 0.29) is 0 Å². The second kappa shape index (κ2) is 34.8. The van der Waals surface area contributed by atoms with E-state index in [4.69, 9.17) is 0 Å². The molecule has 18 aromatic rings. The average Bonchev–Trinajstić information content (AvgIpc) is 1.63. The van der Waals surface area contributed by atoms with Crippen LogP contribution >= 0.6 is 0 Å². The number of pyridine rings is 1. The SMILES string of the molecule is Cc1cc2nc(C)n(C)c2cc1C.Cc1nc(C)c2c(C)c(C)n(C)c2n1.Cc1nc(C)c2c(C)nn(C)c2n1.Cc1nc(C)c2nc(C)n(C)c2c1C.Cc1nc(C)c2nc(C)n(C)c2n1.Cc1nc(C)c2nnn(C)c2n1.Cc1nc2c(C)[n+](O)c(C)nc2n1C.Cc1nnc(C)c2c1nc(C)n2C.Cc1nnnc2c1nc(C)n2C. The Balaban J connectivity index is 0.000000140. The maximum absolute atomic E-state index is 9.61. The van der Waals surface area contributed by atoms with Gasteiger partial charge in [-0.1, -0.05) is 5.21 Å². The van der Waals surface area contributed by atoms with E-state index in [2.05, 4.69) is 202 Å². The minimum Gasteiger partial charge on any atom is -0.350 e. The van der Waals surface area contributed by atoms with Crippen LogP contribution < -0.4 is 4.73 Å². The Kier molecular flexibility index (Phi) is 25.7. The van der Waals surface area contributed by atoms with Gasteiger partial charge in [-0.2, -0.15) is 15.3 Å². The molecule has 0 unspecified atom stereocenters. The predicted molar refractivity (Wildman–Crippen MR) is 459 cm³/mol. The number of imidazole rings is 6. The first-order chi connectivity index (χ1) is 55.3. The van der Waals surface area contributed by atoms with E-state index < -0.39 is 0 Å². The molecule has 0 amide bonds. The number of rotatable bonds is 0. The summed E-state index contributed by atoms with van der Waals surface area (Å²) < 4.78 is 18.7. The second-order valence-electron chi connectivity index (χ2n) is 30.0. The molecule has 0 aliphatic rings. The average molecular weight is 1600 g/mol. The smallest absolute Gasteiger partial charge is 0.336 e. The zero-order valence-corrected chi connectivity index (χ0v) is 75.3. The topological polar surface area (TPSA) is 378 Å². The molecule has 1 N–H and O–H groups in total. The monoisotopic (exact) mass is 1600 g/mol. The lowest BCUT2D eigenvalue weighted by atomic mass is 10.1. The fraction of sp³-hybridized carbons (Fsp3) is 0.434. The number of fused-ring (bicyclic) bond motifs is 9. The summed E-state index contributed by atoms with van der Waals surface area (Å²) in [7, 11) is 17.7. The highest BCUT2D eigenvalue weighted by molar-refractivity contribution is 5.85. The zero-order valence-electron chi connectivity index (χ0n) is 75.3. The van der Waals surface area contributed by atoms with Crippen molar-refractivity contribution >= 4 is 99.8 Å². The van der Waals surface area contributed by atoms with Gasteiger partial charge in [-0.25, -0.2) is 74.5 Å². The summed E-state index contributed by atoms with van der Waals surface area (Å²) in [6, 6.07) is 4.35. The maximum Gasteiger partial charge on any atom is 0.336 e. The van der Waals surface area contributed by atoms with Crippen LogP contribution in [0.4, 0.5) is 0 Å². The van der Waals surface area contributed by atoms with Gasteiger partial charge in [0.15, 0.2) is 39.3 Å². The first-order valence-electron chi connectivity index (χ1n) is 38.6. The molecule has 0 saturated heterocycles. The van der Waals surface area contributed by atoms with E-state index in [1.807, 2.05) is 206 Å². The van der Waals surface area contributed by atoms with Crippen LogP contribution in [-0.4, -0.2) is 167 Å². The number of hydrogen-bond acceptors (Lipinski definition) is 25. The minimum absolute atomic E-state index is 0.568. The van der Waals surface area contributed by atoms with Crippen LogP contribution in [0.5, 0.6) is 0 Å². The van der Waals surface area contributed by atoms with Crippen molar-refractivity contribution in [2.24, 2.45) is 63.4 Å². The highest BCUT2D eigenvalue weighted by atomic mass is 16.5. The quantitative estimate of drug-likeness (QED) is 0.109. The molecule has 18 rings (SSSR count). The normalized spacial score (nSPS) is 11.1. The largest absolute Gasteiger partial charge is 0.350 e. The molecule has 17 aromatic heterocycles. The molecule has 0 fully saturated rings. The van der Waals surface area contributed by atoms with Gasteiger partial charge in [0, 0.05) is 94.1 Å². The first-order valence-corrected chi connectivity index (χ1v) is 38.6. The van der Waals surface area contributed by atoms with Gasteiger partial charge in [0.1, 0.15) is 86.0 Å². The molecular formula is C83H111N34O+. The summed E-state index contributed by atoms with van der Waals surface area (Å²) in [6.45, 7) is 53.3. The Morgan fingerprint density at radius 1 is 0.280 bits per heavy atom. The summed E-state index contributed by atoms with van der Waals surface area (Å²) in [4.78, 5) is 69.8. The van der Waals surface area contributed by atoms with Gasteiger partial charge < -0.3 is 32.6 Å². The molecule has 0 atom stereocenters. The molecule has 618 valence electrons. The van der Waals surface area contributed by atoms with Crippen molar-refractivity contribution in [3.8, 4) is 0 Å². The van der Waals surface area contributed by atoms with Crippen molar-refractivity contribution in [2.75, 3.05) is 0 Å². The van der Waals surface area contributed by atoms with Gasteiger partial charge in [0.05, 0.1) is 78.7 Å². The van der Waals surface area contributed by atoms with Crippen molar-refractivity contribution in [1.82, 2.24) is 162 Å². The third kappa shape index (κ3) is 17.5. The van der Waals surface area contributed by atoms with Gasteiger partial charge in [-0.05, 0) is 222 Å². The van der Waals surface area contributed by atoms with Gasteiger partial charge in [0.2, 0.25) is 0 Å². The van der Waals surface area contributed by atoms with Crippen molar-refractivity contribution in [3.63, 3.8) is 0 Å². The van der Waals surface area contributed by atoms with Crippen LogP contribution in [0.2, 0.25) is 0 Å². The second-order valence-corrected chi connectivity index (χ2v) is 30.0. The molecule has 17 heterocycles. The van der Waals surface area contributed by atoms with Crippen molar-refractivity contribution in [2.45, 2.75) is 187 Å². The molecule has 118 heavy (non-hydrogen) atoms. The van der Waals surface area contributed by atoms with Gasteiger partial charge in [0.25, 0.3) is 5.65 Å². The van der Waals surface area contributed by atoms with E-state index in [0.717, 1.165) is 209 Å². The fourth-order valence-electron chi connectivity index (χ4n) is 13.9. The van der Waals surface area contributed by atoms with Crippen LogP contribution in [-0.2, 0) is 63.4 Å². The molecule has 0 bridgehead atoms. The molecule has 0 aliphatic heterocycles. The molecular weight excluding hydrogens is 1490 g/mol. The lowest BCUT2D eigenvalue weighted by Crippen LogP contribution is -2.38. The lowest BCUT2D eigenvalue weighted by molar-refractivity contribution is -0.913. The van der Waals surface area contributed by atoms with Crippen molar-refractivity contribution in [1.29, 1.82) is 0 Å². The van der Waals surface area contributed by atoms with Crippen molar-refractivity contribution in [3.05, 3.63) is 167 Å². The van der Waals surface area contributed by atoms with E-state index in [9.17, 15) is 5.21 Å². The van der Waals surface area contributed by atoms with Crippen LogP contribution in [0.25, 0.3) is 99.8 Å². The Morgan fingerprint density at radius 3 is 1.29 bits per heavy atom. The van der Waals surface area contributed by atoms with E-state index in [1.165, 1.54) is 44.4 Å². The van der Waals surface area contributed by atoms with E-state index in [1.54, 1.807) is 16.3 Å². The molecule has 1 aromatic carbocycles. The summed E-state index contributed by atoms with van der Waals surface area (Å²) in [5.74, 6) is 9.66. The standard InChI is InChI=1S/2C11H15N3.C11H14N2.C9H13N4O.3C9H12N4.2C7H9N5/c1-6-8(3)14(5)11-10(6)7(2)12-9(4)13-11;1-6-7(2)12-8(3)10-11(6)14(5)9(4)13-10;1-7-5-10-11(6-8(7)2)13(4)9(3)12-10;1-5-8-9(11-7(3)13(5)14)12(4)6(2)10-8;1-5-8-9(11-6(2)10-5)13(4)7(3)12-8;1-5-8-9(6(2)12-11-5)13(4)7(3)10-8;1-5-8-6(2)12-13(4)9(8)11-7(3)10-5;1-4-6-7(10-11-9-4)12(3)5(2)8-6;1-4-6-7(9-5(2)8-4)12(3)11-10-6/h2*1-5H3;5-6H,1-4H3;14H,1-4H3;3*1-4H3;2*1-3H3/q;;;+1;;;;;. The van der Waals surface area contributed by atoms with Gasteiger partial charge in [-0.15, -0.1) is 15.3 Å². The number of aromatic nitrogens is 34. The van der Waals surface area contributed by atoms with Crippen LogP contribution in [0.3, 0.4) is 0 Å². The third-order valence-electron chi connectivity index (χ3n) is 21.5. The van der Waals surface area contributed by atoms with Gasteiger partial charge >= 0.3 is 5.82 Å². The summed E-state index contributed by atoms with van der Waals surface area (Å²) in [6.07, 6.45) is 0. The number of benzene rings is 1. The highest BCUT2D eigenvalue weighted by Gasteiger charge is 2.22. The zero-order chi connectivity index (χ0) is 87.1. The molecule has 0 saturated carbocycles. The van der Waals surface area contributed by atoms with Crippen LogP contribution in [0, 0.1) is 187 Å². The minimum atomic E-state index is 0.568. The van der Waals surface area contributed by atoms with E-state index >= 15 is 0 Å². The van der Waals surface area contributed by atoms with E-state index in [0.29, 0.717) is 5.82 Å². The number of hydrogen-bond donors (Lipinski definition) is 1. The Hall–Kier alpha value is -13.1. The van der Waals surface area contributed by atoms with Crippen molar-refractivity contribution < 1.29 is 9.94 Å². The summed E-state index contributed by atoms with van der Waals surface area (Å²) in [5.41, 5.74) is 32.0. The molecule has 35 heteroatoms. The summed E-state index contributed by atoms with van der Waals surface area (Å²) in [5, 5.41) is 43.5. The third-order valence-corrected chi connectivity index (χ3v) is 21.5. The lowest BCUT2D eigenvalue weighted by Gasteiger charge is -2.05. The van der Waals surface area contributed by atoms with Crippen LogP contribution in [0.1, 0.15) is 155 Å². The van der Waals surface area contributed by atoms with Gasteiger partial charge in [-0.3, -0.25) is 14.2 Å². The maximum atomic E-state index is 9.61. The molecule has 35 nitrogen and oxygen atoms in total. The number of aryl methyl sites for hydroxylation is 35. The Bertz CT molecular complexity index is 6850. The Morgan fingerprint density at radius 2 is 0.712 bits per heavy atom. The molecule has 0 radical (unpaired) electrons. The predicted octanol–water partition coefficient (Wildman–Crippen LogP) is 11.9. The summed E-state index contributed by atoms with van der Waals surface area (Å²) >= 11 is 0. The highest BCUT2D eigenvalue weighted by Crippen LogP contribution is 2.27. The molecule has 0 aliphatic carbocycles. The first kappa shape index (κ1) is 87.3. The number of nitrogens with zero attached hydrogens (tertiary/aromatic N) is 34.